The number of hydrogen-bond acceptors (Lipinski definition) is 4. The normalized spacial score (nSPS) is 22.9. The van der Waals surface area contributed by atoms with E-state index in [-0.39, 0.29) is 31.1 Å². The van der Waals surface area contributed by atoms with E-state index in [1.54, 1.807) is 0 Å². The van der Waals surface area contributed by atoms with E-state index in [2.05, 4.69) is 10.1 Å². The number of halogens is 3. The lowest BCUT2D eigenvalue weighted by Gasteiger charge is -2.10. The van der Waals surface area contributed by atoms with E-state index >= 15 is 0 Å². The van der Waals surface area contributed by atoms with Gasteiger partial charge in [-0.05, 0) is 6.42 Å². The number of carbonyl (C=O) groups excluding carboxylic acids is 1. The molecule has 1 rings (SSSR count). The summed E-state index contributed by atoms with van der Waals surface area (Å²) in [4.78, 5) is 11.4. The Bertz CT molecular complexity index is 393. The van der Waals surface area contributed by atoms with Gasteiger partial charge in [0.2, 0.25) is 5.91 Å². The molecule has 0 bridgehead atoms. The maximum absolute atomic E-state index is 11.7. The molecule has 0 aromatic heterocycles. The summed E-state index contributed by atoms with van der Waals surface area (Å²) >= 11 is 0. The van der Waals surface area contributed by atoms with Crippen LogP contribution < -0.4 is 5.32 Å². The fraction of sp³-hybridized carbons (Fsp3) is 0.889. The minimum absolute atomic E-state index is 0.0182. The Morgan fingerprint density at radius 1 is 1.39 bits per heavy atom. The quantitative estimate of drug-likeness (QED) is 0.730. The van der Waals surface area contributed by atoms with Crippen LogP contribution in [0, 0.1) is 5.92 Å². The van der Waals surface area contributed by atoms with Gasteiger partial charge in [0.25, 0.3) is 0 Å². The zero-order valence-electron chi connectivity index (χ0n) is 9.50. The molecule has 1 saturated heterocycles. The molecule has 0 aromatic carbocycles. The lowest BCUT2D eigenvalue weighted by molar-refractivity contribution is -0.173. The highest BCUT2D eigenvalue weighted by Gasteiger charge is 2.32. The molecule has 0 aromatic rings. The van der Waals surface area contributed by atoms with Crippen molar-refractivity contribution in [2.75, 3.05) is 31.3 Å². The molecule has 1 unspecified atom stereocenters. The van der Waals surface area contributed by atoms with Crippen molar-refractivity contribution in [3.05, 3.63) is 0 Å². The van der Waals surface area contributed by atoms with Gasteiger partial charge >= 0.3 is 6.18 Å². The monoisotopic (exact) mass is 289 g/mol. The predicted octanol–water partition coefficient (Wildman–Crippen LogP) is 0.116. The Labute approximate surface area is 103 Å². The van der Waals surface area contributed by atoms with Crippen LogP contribution in [0.2, 0.25) is 0 Å². The summed E-state index contributed by atoms with van der Waals surface area (Å²) < 4.78 is 61.6. The molecule has 1 amide bonds. The molecular weight excluding hydrogens is 275 g/mol. The third-order valence-electron chi connectivity index (χ3n) is 2.41. The van der Waals surface area contributed by atoms with E-state index in [0.29, 0.717) is 0 Å². The van der Waals surface area contributed by atoms with Crippen LogP contribution in [0.5, 0.6) is 0 Å². The summed E-state index contributed by atoms with van der Waals surface area (Å²) in [6, 6.07) is 0. The van der Waals surface area contributed by atoms with E-state index in [1.165, 1.54) is 0 Å². The maximum atomic E-state index is 11.7. The van der Waals surface area contributed by atoms with Crippen molar-refractivity contribution in [1.29, 1.82) is 0 Å². The zero-order valence-corrected chi connectivity index (χ0v) is 10.3. The Morgan fingerprint density at radius 3 is 2.56 bits per heavy atom. The van der Waals surface area contributed by atoms with Crippen molar-refractivity contribution in [3.63, 3.8) is 0 Å². The van der Waals surface area contributed by atoms with Gasteiger partial charge in [-0.25, -0.2) is 8.42 Å². The standard InChI is InChI=1S/C9H14F3NO4S/c10-9(11,12)6-17-3-2-13-8(14)7-1-4-18(15,16)5-7/h7H,1-6H2,(H,13,14). The maximum Gasteiger partial charge on any atom is 0.411 e. The average Bonchev–Trinajstić information content (AvgIpc) is 2.56. The van der Waals surface area contributed by atoms with E-state index in [1.807, 2.05) is 0 Å². The van der Waals surface area contributed by atoms with Crippen LogP contribution in [0.3, 0.4) is 0 Å². The van der Waals surface area contributed by atoms with E-state index in [0.717, 1.165) is 0 Å². The van der Waals surface area contributed by atoms with E-state index in [4.69, 9.17) is 0 Å². The van der Waals surface area contributed by atoms with Crippen molar-refractivity contribution in [3.8, 4) is 0 Å². The molecule has 106 valence electrons. The molecule has 0 radical (unpaired) electrons. The molecule has 1 N–H and O–H groups in total. The summed E-state index contributed by atoms with van der Waals surface area (Å²) in [5, 5.41) is 2.35. The average molecular weight is 289 g/mol. The number of amides is 1. The number of carbonyl (C=O) groups is 1. The number of hydrogen-bond donors (Lipinski definition) is 1. The molecule has 5 nitrogen and oxygen atoms in total. The smallest absolute Gasteiger partial charge is 0.370 e. The first-order valence-corrected chi connectivity index (χ1v) is 7.14. The molecule has 9 heteroatoms. The second-order valence-corrected chi connectivity index (χ2v) is 6.29. The highest BCUT2D eigenvalue weighted by atomic mass is 32.2. The van der Waals surface area contributed by atoms with Gasteiger partial charge in [-0.15, -0.1) is 0 Å². The van der Waals surface area contributed by atoms with E-state index in [9.17, 15) is 26.4 Å². The highest BCUT2D eigenvalue weighted by Crippen LogP contribution is 2.18. The molecular formula is C9H14F3NO4S. The minimum Gasteiger partial charge on any atom is -0.370 e. The first-order chi connectivity index (χ1) is 8.20. The molecule has 1 fully saturated rings. The highest BCUT2D eigenvalue weighted by molar-refractivity contribution is 7.91. The van der Waals surface area contributed by atoms with Crippen LogP contribution in [0.25, 0.3) is 0 Å². The van der Waals surface area contributed by atoms with Crippen LogP contribution in [0.4, 0.5) is 13.2 Å². The number of sulfone groups is 1. The fourth-order valence-electron chi connectivity index (χ4n) is 1.58. The molecule has 1 atom stereocenters. The summed E-state index contributed by atoms with van der Waals surface area (Å²) in [7, 11) is -3.14. The third kappa shape index (κ3) is 5.67. The van der Waals surface area contributed by atoms with Gasteiger partial charge in [-0.1, -0.05) is 0 Å². The SMILES string of the molecule is O=C(NCCOCC(F)(F)F)C1CCS(=O)(=O)C1. The first kappa shape index (κ1) is 15.2. The predicted molar refractivity (Wildman–Crippen MR) is 56.6 cm³/mol. The number of rotatable bonds is 5. The molecule has 1 aliphatic rings. The van der Waals surface area contributed by atoms with Crippen molar-refractivity contribution < 1.29 is 31.1 Å². The Hall–Kier alpha value is -0.830. The number of ether oxygens (including phenoxy) is 1. The summed E-state index contributed by atoms with van der Waals surface area (Å²) in [5.41, 5.74) is 0. The van der Waals surface area contributed by atoms with Crippen molar-refractivity contribution in [1.82, 2.24) is 5.32 Å². The Morgan fingerprint density at radius 2 is 2.06 bits per heavy atom. The lowest BCUT2D eigenvalue weighted by atomic mass is 10.1. The van der Waals surface area contributed by atoms with Gasteiger partial charge in [0.05, 0.1) is 24.0 Å². The molecule has 0 saturated carbocycles. The topological polar surface area (TPSA) is 72.5 Å². The molecule has 0 aliphatic carbocycles. The van der Waals surface area contributed by atoms with Crippen molar-refractivity contribution in [2.45, 2.75) is 12.6 Å². The van der Waals surface area contributed by atoms with Crippen LogP contribution in [-0.4, -0.2) is 51.8 Å². The molecule has 18 heavy (non-hydrogen) atoms. The lowest BCUT2D eigenvalue weighted by Crippen LogP contribution is -2.34. The van der Waals surface area contributed by atoms with Gasteiger partial charge in [0.15, 0.2) is 9.84 Å². The van der Waals surface area contributed by atoms with Crippen molar-refractivity contribution in [2.24, 2.45) is 5.92 Å². The van der Waals surface area contributed by atoms with Crippen LogP contribution in [0.1, 0.15) is 6.42 Å². The molecule has 1 heterocycles. The van der Waals surface area contributed by atoms with E-state index < -0.39 is 34.4 Å². The summed E-state index contributed by atoms with van der Waals surface area (Å²) in [6.07, 6.45) is -4.12. The van der Waals surface area contributed by atoms with Crippen LogP contribution in [0.15, 0.2) is 0 Å². The van der Waals surface area contributed by atoms with Gasteiger partial charge in [-0.2, -0.15) is 13.2 Å². The molecule has 0 spiro atoms. The van der Waals surface area contributed by atoms with Gasteiger partial charge in [0, 0.05) is 6.54 Å². The summed E-state index contributed by atoms with van der Waals surface area (Å²) in [5.74, 6) is -1.26. The Kier molecular flexibility index (Phi) is 4.97. The second-order valence-electron chi connectivity index (χ2n) is 4.06. The minimum atomic E-state index is -4.39. The number of alkyl halides is 3. The van der Waals surface area contributed by atoms with Crippen LogP contribution >= 0.6 is 0 Å². The fourth-order valence-corrected chi connectivity index (χ4v) is 3.32. The van der Waals surface area contributed by atoms with Crippen LogP contribution in [-0.2, 0) is 19.4 Å². The van der Waals surface area contributed by atoms with Gasteiger partial charge in [-0.3, -0.25) is 4.79 Å². The number of nitrogens with one attached hydrogen (secondary N) is 1. The van der Waals surface area contributed by atoms with Gasteiger partial charge in [0.1, 0.15) is 6.61 Å². The Balaban J connectivity index is 2.15. The first-order valence-electron chi connectivity index (χ1n) is 5.32. The van der Waals surface area contributed by atoms with Gasteiger partial charge < -0.3 is 10.1 Å². The third-order valence-corrected chi connectivity index (χ3v) is 4.18. The van der Waals surface area contributed by atoms with Crippen molar-refractivity contribution >= 4 is 15.7 Å². The second kappa shape index (κ2) is 5.87. The molecule has 1 aliphatic heterocycles. The largest absolute Gasteiger partial charge is 0.411 e. The zero-order chi connectivity index (χ0) is 13.8. The summed E-state index contributed by atoms with van der Waals surface area (Å²) in [6.45, 7) is -1.68.